The van der Waals surface area contributed by atoms with Gasteiger partial charge in [0.2, 0.25) is 0 Å². The summed E-state index contributed by atoms with van der Waals surface area (Å²) < 4.78 is 6.54. The Labute approximate surface area is 177 Å². The molecule has 0 amide bonds. The van der Waals surface area contributed by atoms with Crippen molar-refractivity contribution in [1.29, 1.82) is 0 Å². The number of rotatable bonds is 2. The zero-order chi connectivity index (χ0) is 19.1. The zero-order valence-electron chi connectivity index (χ0n) is 16.0. The fraction of sp³-hybridized carbons (Fsp3) is 0.478. The van der Waals surface area contributed by atoms with Crippen LogP contribution in [0.1, 0.15) is 43.6 Å². The summed E-state index contributed by atoms with van der Waals surface area (Å²) in [7, 11) is 0. The summed E-state index contributed by atoms with van der Waals surface area (Å²) in [6.07, 6.45) is 6.48. The molecule has 2 aromatic rings. The molecule has 2 fully saturated rings. The third-order valence-electron chi connectivity index (χ3n) is 6.37. The summed E-state index contributed by atoms with van der Waals surface area (Å²) in [5.74, 6) is 1.52. The molecule has 2 saturated heterocycles. The Hall–Kier alpha value is -1.42. The van der Waals surface area contributed by atoms with Gasteiger partial charge in [-0.25, -0.2) is 0 Å². The molecule has 0 aromatic heterocycles. The van der Waals surface area contributed by atoms with Crippen LogP contribution in [0.5, 0.6) is 5.75 Å². The van der Waals surface area contributed by atoms with Crippen molar-refractivity contribution < 1.29 is 4.74 Å². The smallest absolute Gasteiger partial charge is 0.146 e. The van der Waals surface area contributed by atoms with Gasteiger partial charge in [0.05, 0.1) is 5.69 Å². The first-order valence-electron chi connectivity index (χ1n) is 10.5. The number of ether oxygens (including phenoxy) is 1. The average Bonchev–Trinajstić information content (AvgIpc) is 2.87. The molecule has 0 radical (unpaired) electrons. The summed E-state index contributed by atoms with van der Waals surface area (Å²) >= 11 is 12.7. The molecule has 5 heteroatoms. The second-order valence-corrected chi connectivity index (χ2v) is 9.04. The monoisotopic (exact) mass is 416 g/mol. The highest BCUT2D eigenvalue weighted by Gasteiger charge is 2.38. The summed E-state index contributed by atoms with van der Waals surface area (Å²) in [6, 6.07) is 10.4. The van der Waals surface area contributed by atoms with Crippen LogP contribution in [0.15, 0.2) is 30.3 Å². The van der Waals surface area contributed by atoms with E-state index in [1.807, 2.05) is 18.2 Å². The first-order valence-corrected chi connectivity index (χ1v) is 11.2. The lowest BCUT2D eigenvalue weighted by Gasteiger charge is -2.26. The lowest BCUT2D eigenvalue weighted by atomic mass is 9.88. The third-order valence-corrected chi connectivity index (χ3v) is 6.92. The van der Waals surface area contributed by atoms with E-state index < -0.39 is 0 Å². The normalized spacial score (nSPS) is 24.3. The van der Waals surface area contributed by atoms with Gasteiger partial charge in [0, 0.05) is 46.7 Å². The van der Waals surface area contributed by atoms with Crippen LogP contribution in [0.2, 0.25) is 10.0 Å². The molecule has 0 spiro atoms. The molecule has 1 N–H and O–H groups in total. The first-order chi connectivity index (χ1) is 13.7. The average molecular weight is 417 g/mol. The van der Waals surface area contributed by atoms with Gasteiger partial charge in [-0.15, -0.1) is 0 Å². The topological polar surface area (TPSA) is 24.5 Å². The highest BCUT2D eigenvalue weighted by Crippen LogP contribution is 2.49. The summed E-state index contributed by atoms with van der Waals surface area (Å²) in [4.78, 5) is 2.53. The standard InChI is InChI=1S/C23H26Cl2N2O/c24-16-5-6-17(20(25)13-16)15-11-18-19-14-26-8-7-22(19)28-23(18)21(12-15)27-9-3-1-2-4-10-27/h5-6,11-13,19,22,26H,1-4,7-10,14H2. The predicted molar refractivity (Wildman–Crippen MR) is 117 cm³/mol. The second-order valence-electron chi connectivity index (χ2n) is 8.19. The first kappa shape index (κ1) is 18.6. The highest BCUT2D eigenvalue weighted by atomic mass is 35.5. The minimum absolute atomic E-state index is 0.290. The number of benzene rings is 2. The van der Waals surface area contributed by atoms with Gasteiger partial charge < -0.3 is 15.0 Å². The SMILES string of the molecule is Clc1ccc(-c2cc3c(c(N4CCCCCC4)c2)OC2CCNCC32)c(Cl)c1. The number of piperidine rings is 1. The highest BCUT2D eigenvalue weighted by molar-refractivity contribution is 6.36. The molecule has 5 rings (SSSR count). The number of fused-ring (bicyclic) bond motifs is 3. The van der Waals surface area contributed by atoms with Crippen LogP contribution in [-0.4, -0.2) is 32.3 Å². The van der Waals surface area contributed by atoms with Gasteiger partial charge in [-0.05, 0) is 55.6 Å². The molecule has 0 bridgehead atoms. The molecule has 28 heavy (non-hydrogen) atoms. The molecule has 3 nitrogen and oxygen atoms in total. The Morgan fingerprint density at radius 1 is 1.00 bits per heavy atom. The minimum atomic E-state index is 0.290. The lowest BCUT2D eigenvalue weighted by Crippen LogP contribution is -2.37. The largest absolute Gasteiger partial charge is 0.487 e. The van der Waals surface area contributed by atoms with E-state index in [1.54, 1.807) is 0 Å². The molecule has 2 atom stereocenters. The Kier molecular flexibility index (Phi) is 5.17. The third kappa shape index (κ3) is 3.38. The van der Waals surface area contributed by atoms with Crippen LogP contribution in [-0.2, 0) is 0 Å². The molecule has 3 heterocycles. The Balaban J connectivity index is 1.64. The van der Waals surface area contributed by atoms with Crippen LogP contribution >= 0.6 is 23.2 Å². The minimum Gasteiger partial charge on any atom is -0.487 e. The van der Waals surface area contributed by atoms with Gasteiger partial charge in [0.15, 0.2) is 0 Å². The van der Waals surface area contributed by atoms with Crippen LogP contribution in [0.4, 0.5) is 5.69 Å². The van der Waals surface area contributed by atoms with Crippen LogP contribution < -0.4 is 15.0 Å². The van der Waals surface area contributed by atoms with Crippen LogP contribution in [0.25, 0.3) is 11.1 Å². The second kappa shape index (κ2) is 7.78. The maximum Gasteiger partial charge on any atom is 0.146 e. The molecule has 0 aliphatic carbocycles. The molecular weight excluding hydrogens is 391 g/mol. The number of anilines is 1. The molecule has 3 aliphatic rings. The molecular formula is C23H26Cl2N2O. The zero-order valence-corrected chi connectivity index (χ0v) is 17.5. The maximum absolute atomic E-state index is 6.57. The van der Waals surface area contributed by atoms with E-state index in [4.69, 9.17) is 27.9 Å². The number of nitrogens with one attached hydrogen (secondary N) is 1. The number of halogens is 2. The van der Waals surface area contributed by atoms with Crippen LogP contribution in [0.3, 0.4) is 0 Å². The van der Waals surface area contributed by atoms with E-state index >= 15 is 0 Å². The van der Waals surface area contributed by atoms with E-state index in [2.05, 4.69) is 22.3 Å². The van der Waals surface area contributed by atoms with E-state index in [1.165, 1.54) is 36.9 Å². The van der Waals surface area contributed by atoms with Crippen molar-refractivity contribution in [2.45, 2.75) is 44.1 Å². The van der Waals surface area contributed by atoms with Crippen molar-refractivity contribution in [3.05, 3.63) is 45.9 Å². The summed E-state index contributed by atoms with van der Waals surface area (Å²) in [6.45, 7) is 4.21. The Morgan fingerprint density at radius 3 is 2.61 bits per heavy atom. The van der Waals surface area contributed by atoms with Crippen molar-refractivity contribution in [2.24, 2.45) is 0 Å². The maximum atomic E-state index is 6.57. The van der Waals surface area contributed by atoms with Gasteiger partial charge in [-0.2, -0.15) is 0 Å². The molecule has 148 valence electrons. The van der Waals surface area contributed by atoms with Crippen molar-refractivity contribution >= 4 is 28.9 Å². The van der Waals surface area contributed by atoms with Crippen molar-refractivity contribution in [3.8, 4) is 16.9 Å². The van der Waals surface area contributed by atoms with Crippen LogP contribution in [0, 0.1) is 0 Å². The van der Waals surface area contributed by atoms with Crippen molar-refractivity contribution in [3.63, 3.8) is 0 Å². The number of nitrogens with zero attached hydrogens (tertiary/aromatic N) is 1. The Bertz CT molecular complexity index is 877. The van der Waals surface area contributed by atoms with E-state index in [0.717, 1.165) is 49.5 Å². The van der Waals surface area contributed by atoms with Gasteiger partial charge >= 0.3 is 0 Å². The number of hydrogen-bond acceptors (Lipinski definition) is 3. The van der Waals surface area contributed by atoms with E-state index in [0.29, 0.717) is 16.0 Å². The predicted octanol–water partition coefficient (Wildman–Crippen LogP) is 5.88. The molecule has 2 aromatic carbocycles. The van der Waals surface area contributed by atoms with Crippen molar-refractivity contribution in [1.82, 2.24) is 5.32 Å². The molecule has 2 unspecified atom stereocenters. The fourth-order valence-electron chi connectivity index (χ4n) is 4.90. The lowest BCUT2D eigenvalue weighted by molar-refractivity contribution is 0.172. The van der Waals surface area contributed by atoms with E-state index in [-0.39, 0.29) is 6.10 Å². The Morgan fingerprint density at radius 2 is 1.82 bits per heavy atom. The number of hydrogen-bond donors (Lipinski definition) is 1. The summed E-state index contributed by atoms with van der Waals surface area (Å²) in [5, 5.41) is 4.92. The fourth-order valence-corrected chi connectivity index (χ4v) is 5.42. The van der Waals surface area contributed by atoms with Gasteiger partial charge in [-0.3, -0.25) is 0 Å². The molecule has 0 saturated carbocycles. The molecule has 3 aliphatic heterocycles. The van der Waals surface area contributed by atoms with Gasteiger partial charge in [0.25, 0.3) is 0 Å². The van der Waals surface area contributed by atoms with Gasteiger partial charge in [-0.1, -0.05) is 42.1 Å². The van der Waals surface area contributed by atoms with Gasteiger partial charge in [0.1, 0.15) is 11.9 Å². The van der Waals surface area contributed by atoms with Crippen molar-refractivity contribution in [2.75, 3.05) is 31.1 Å². The quantitative estimate of drug-likeness (QED) is 0.661. The summed E-state index contributed by atoms with van der Waals surface area (Å²) in [5.41, 5.74) is 4.78. The van der Waals surface area contributed by atoms with E-state index in [9.17, 15) is 0 Å².